The Labute approximate surface area is 197 Å². The van der Waals surface area contributed by atoms with Crippen LogP contribution in [0.15, 0.2) is 30.6 Å². The van der Waals surface area contributed by atoms with Crippen LogP contribution in [-0.4, -0.2) is 43.5 Å². The van der Waals surface area contributed by atoms with Crippen LogP contribution in [0.5, 0.6) is 0 Å². The largest absolute Gasteiger partial charge is 0.348 e. The van der Waals surface area contributed by atoms with Crippen molar-refractivity contribution < 1.29 is 0 Å². The van der Waals surface area contributed by atoms with E-state index in [1.54, 1.807) is 11.3 Å². The molecule has 2 aliphatic heterocycles. The molecule has 1 N–H and O–H groups in total. The van der Waals surface area contributed by atoms with Crippen molar-refractivity contribution in [3.05, 3.63) is 41.9 Å². The molecule has 0 saturated carbocycles. The number of rotatable bonds is 3. The highest BCUT2D eigenvalue weighted by atomic mass is 32.1. The van der Waals surface area contributed by atoms with Crippen LogP contribution < -0.4 is 10.2 Å². The Morgan fingerprint density at radius 1 is 1.15 bits per heavy atom. The highest BCUT2D eigenvalue weighted by Gasteiger charge is 2.49. The molecule has 3 atom stereocenters. The lowest BCUT2D eigenvalue weighted by molar-refractivity contribution is 0.208. The number of nitrogens with one attached hydrogen (secondary N) is 1. The Kier molecular flexibility index (Phi) is 4.36. The fraction of sp³-hybridized carbons (Fsp3) is 0.440. The number of nitrogens with zero attached hydrogens (tertiary/aromatic N) is 6. The molecule has 0 spiro atoms. The lowest BCUT2D eigenvalue weighted by Gasteiger charge is -2.45. The molecular weight excluding hydrogens is 430 g/mol. The zero-order valence-corrected chi connectivity index (χ0v) is 20.2. The van der Waals surface area contributed by atoms with E-state index in [2.05, 4.69) is 42.2 Å². The summed E-state index contributed by atoms with van der Waals surface area (Å²) in [5.41, 5.74) is 5.21. The third kappa shape index (κ3) is 3.38. The van der Waals surface area contributed by atoms with Crippen molar-refractivity contribution in [3.8, 4) is 17.3 Å². The standard InChI is InChI=1S/C25H27N7S/c1-15-13-32-14-17(9-16(12-26)21(32)27-15)19-5-6-20-22(28-19)33-23(29-20)31(4)18-10-24(2)7-8-25(3,11-18)30-24/h5-6,9,13-14,18,30H,7-8,10-11H2,1-4H3/t18?,24-,25+. The van der Waals surface area contributed by atoms with Gasteiger partial charge in [0.1, 0.15) is 16.4 Å². The predicted octanol–water partition coefficient (Wildman–Crippen LogP) is 4.69. The van der Waals surface area contributed by atoms with Crippen LogP contribution in [0.3, 0.4) is 0 Å². The minimum Gasteiger partial charge on any atom is -0.348 e. The van der Waals surface area contributed by atoms with Gasteiger partial charge in [0.05, 0.1) is 17.0 Å². The lowest BCUT2D eigenvalue weighted by atomic mass is 9.84. The second-order valence-corrected chi connectivity index (χ2v) is 11.3. The van der Waals surface area contributed by atoms with E-state index in [0.717, 1.165) is 45.3 Å². The van der Waals surface area contributed by atoms with Crippen molar-refractivity contribution >= 4 is 32.5 Å². The van der Waals surface area contributed by atoms with Gasteiger partial charge in [-0.3, -0.25) is 0 Å². The van der Waals surface area contributed by atoms with Gasteiger partial charge in [-0.05, 0) is 64.7 Å². The Hall–Kier alpha value is -3.02. The number of piperidine rings is 1. The Balaban J connectivity index is 1.34. The maximum atomic E-state index is 9.61. The van der Waals surface area contributed by atoms with E-state index < -0.39 is 0 Å². The third-order valence-electron chi connectivity index (χ3n) is 7.39. The van der Waals surface area contributed by atoms with E-state index in [1.165, 1.54) is 12.8 Å². The molecule has 7 nitrogen and oxygen atoms in total. The fourth-order valence-electron chi connectivity index (χ4n) is 5.81. The molecule has 0 aliphatic carbocycles. The summed E-state index contributed by atoms with van der Waals surface area (Å²) < 4.78 is 1.91. The van der Waals surface area contributed by atoms with Crippen molar-refractivity contribution in [3.63, 3.8) is 0 Å². The maximum Gasteiger partial charge on any atom is 0.187 e. The first-order valence-corrected chi connectivity index (χ1v) is 12.3. The Morgan fingerprint density at radius 3 is 2.64 bits per heavy atom. The number of hydrogen-bond donors (Lipinski definition) is 1. The van der Waals surface area contributed by atoms with E-state index >= 15 is 0 Å². The first-order chi connectivity index (χ1) is 15.7. The number of imidazole rings is 1. The molecular formula is C25H27N7S. The van der Waals surface area contributed by atoms with Crippen LogP contribution in [0, 0.1) is 18.3 Å². The van der Waals surface area contributed by atoms with Crippen LogP contribution in [0.4, 0.5) is 5.13 Å². The Bertz CT molecular complexity index is 1430. The Morgan fingerprint density at radius 2 is 1.91 bits per heavy atom. The monoisotopic (exact) mass is 457 g/mol. The van der Waals surface area contributed by atoms with E-state index in [0.29, 0.717) is 17.3 Å². The summed E-state index contributed by atoms with van der Waals surface area (Å²) in [7, 11) is 2.18. The first-order valence-electron chi connectivity index (χ1n) is 11.4. The van der Waals surface area contributed by atoms with Crippen molar-refractivity contribution in [2.45, 2.75) is 63.6 Å². The van der Waals surface area contributed by atoms with Gasteiger partial charge in [0.2, 0.25) is 0 Å². The van der Waals surface area contributed by atoms with E-state index in [-0.39, 0.29) is 11.1 Å². The molecule has 4 aromatic rings. The quantitative estimate of drug-likeness (QED) is 0.481. The van der Waals surface area contributed by atoms with Gasteiger partial charge in [-0.15, -0.1) is 0 Å². The van der Waals surface area contributed by atoms with Crippen LogP contribution in [0.25, 0.3) is 27.3 Å². The predicted molar refractivity (Wildman–Crippen MR) is 132 cm³/mol. The molecule has 6 rings (SSSR count). The van der Waals surface area contributed by atoms with Crippen molar-refractivity contribution in [2.75, 3.05) is 11.9 Å². The normalized spacial score (nSPS) is 26.7. The lowest BCUT2D eigenvalue weighted by Crippen LogP contribution is -2.58. The second-order valence-electron chi connectivity index (χ2n) is 10.3. The number of aryl methyl sites for hydroxylation is 1. The third-order valence-corrected chi connectivity index (χ3v) is 8.44. The van der Waals surface area contributed by atoms with Gasteiger partial charge in [0.25, 0.3) is 0 Å². The van der Waals surface area contributed by atoms with Gasteiger partial charge in [-0.1, -0.05) is 11.3 Å². The number of thiazole rings is 1. The van der Waals surface area contributed by atoms with Crippen LogP contribution >= 0.6 is 11.3 Å². The summed E-state index contributed by atoms with van der Waals surface area (Å²) in [4.78, 5) is 17.6. The highest BCUT2D eigenvalue weighted by molar-refractivity contribution is 7.21. The maximum absolute atomic E-state index is 9.61. The van der Waals surface area contributed by atoms with Crippen molar-refractivity contribution in [1.82, 2.24) is 24.7 Å². The number of nitriles is 1. The van der Waals surface area contributed by atoms with Crippen LogP contribution in [0.1, 0.15) is 50.8 Å². The van der Waals surface area contributed by atoms with Gasteiger partial charge in [0.15, 0.2) is 10.8 Å². The molecule has 8 heteroatoms. The summed E-state index contributed by atoms with van der Waals surface area (Å²) in [6.45, 7) is 6.65. The first kappa shape index (κ1) is 20.6. The molecule has 2 aliphatic rings. The molecule has 0 radical (unpaired) electrons. The fourth-order valence-corrected chi connectivity index (χ4v) is 6.79. The van der Waals surface area contributed by atoms with E-state index in [1.807, 2.05) is 41.9 Å². The van der Waals surface area contributed by atoms with Crippen LogP contribution in [0.2, 0.25) is 0 Å². The molecule has 0 amide bonds. The van der Waals surface area contributed by atoms with Gasteiger partial charge in [-0.2, -0.15) is 5.26 Å². The number of aromatic nitrogens is 4. The topological polar surface area (TPSA) is 82.1 Å². The van der Waals surface area contributed by atoms with Gasteiger partial charge in [-0.25, -0.2) is 15.0 Å². The molecule has 4 aromatic heterocycles. The van der Waals surface area contributed by atoms with Gasteiger partial charge in [0, 0.05) is 42.1 Å². The molecule has 1 unspecified atom stereocenters. The number of pyridine rings is 2. The smallest absolute Gasteiger partial charge is 0.187 e. The molecule has 2 fully saturated rings. The second kappa shape index (κ2) is 6.99. The summed E-state index contributed by atoms with van der Waals surface area (Å²) in [5.74, 6) is 0. The molecule has 2 bridgehead atoms. The molecule has 6 heterocycles. The molecule has 33 heavy (non-hydrogen) atoms. The number of hydrogen-bond acceptors (Lipinski definition) is 7. The minimum atomic E-state index is 0.219. The highest BCUT2D eigenvalue weighted by Crippen LogP contribution is 2.44. The van der Waals surface area contributed by atoms with E-state index in [4.69, 9.17) is 9.97 Å². The van der Waals surface area contributed by atoms with E-state index in [9.17, 15) is 5.26 Å². The number of fused-ring (bicyclic) bond motifs is 4. The molecule has 168 valence electrons. The number of anilines is 1. The van der Waals surface area contributed by atoms with Gasteiger partial charge < -0.3 is 14.6 Å². The summed E-state index contributed by atoms with van der Waals surface area (Å²) in [6, 6.07) is 8.64. The molecule has 2 saturated heterocycles. The minimum absolute atomic E-state index is 0.219. The zero-order chi connectivity index (χ0) is 23.0. The van der Waals surface area contributed by atoms with Gasteiger partial charge >= 0.3 is 0 Å². The van der Waals surface area contributed by atoms with Crippen LogP contribution in [-0.2, 0) is 0 Å². The average molecular weight is 458 g/mol. The average Bonchev–Trinajstić information content (AvgIpc) is 3.43. The molecule has 0 aromatic carbocycles. The van der Waals surface area contributed by atoms with Crippen molar-refractivity contribution in [1.29, 1.82) is 5.26 Å². The SMILES string of the molecule is Cc1cn2cc(-c3ccc4nc(N(C)C5C[C@]6(C)CC[C@](C)(C5)N6)sc4n3)cc(C#N)c2n1. The summed E-state index contributed by atoms with van der Waals surface area (Å²) in [5, 5.41) is 14.5. The van der Waals surface area contributed by atoms with Crippen molar-refractivity contribution in [2.24, 2.45) is 0 Å². The summed E-state index contributed by atoms with van der Waals surface area (Å²) in [6.07, 6.45) is 8.67. The zero-order valence-electron chi connectivity index (χ0n) is 19.4. The summed E-state index contributed by atoms with van der Waals surface area (Å²) >= 11 is 1.65.